The van der Waals surface area contributed by atoms with Gasteiger partial charge in [-0.1, -0.05) is 43.1 Å². The first-order valence-corrected chi connectivity index (χ1v) is 10.4. The Bertz CT molecular complexity index is 1010. The van der Waals surface area contributed by atoms with Gasteiger partial charge in [0.15, 0.2) is 0 Å². The van der Waals surface area contributed by atoms with Crippen molar-refractivity contribution >= 4 is 50.8 Å². The van der Waals surface area contributed by atoms with Gasteiger partial charge in [-0.3, -0.25) is 15.5 Å². The molecule has 2 aromatic rings. The number of hydrazone groups is 1. The molecule has 0 aliphatic rings. The van der Waals surface area contributed by atoms with Gasteiger partial charge in [0.2, 0.25) is 10.0 Å². The number of sulfonamides is 1. The van der Waals surface area contributed by atoms with Crippen molar-refractivity contribution in [2.24, 2.45) is 5.10 Å². The van der Waals surface area contributed by atoms with Crippen LogP contribution in [-0.4, -0.2) is 37.0 Å². The highest BCUT2D eigenvalue weighted by Crippen LogP contribution is 2.29. The highest BCUT2D eigenvalue weighted by Gasteiger charge is 2.25. The first-order valence-electron chi connectivity index (χ1n) is 8.23. The lowest BCUT2D eigenvalue weighted by molar-refractivity contribution is -0.384. The summed E-state index contributed by atoms with van der Waals surface area (Å²) in [6, 6.07) is 8.49. The zero-order valence-electron chi connectivity index (χ0n) is 15.1. The lowest BCUT2D eigenvalue weighted by Crippen LogP contribution is -2.30. The Kier molecular flexibility index (Phi) is 7.36. The van der Waals surface area contributed by atoms with Crippen molar-refractivity contribution in [2.75, 3.05) is 18.5 Å². The van der Waals surface area contributed by atoms with Crippen LogP contribution in [0.25, 0.3) is 0 Å². The van der Waals surface area contributed by atoms with E-state index < -0.39 is 20.6 Å². The predicted octanol–water partition coefficient (Wildman–Crippen LogP) is 4.38. The maximum absolute atomic E-state index is 12.6. The standard InChI is InChI=1S/C17H18Cl2N4O4S/c1-3-22(4-2)28(26,27)13-6-8-16(17(10-13)23(24)25)21-20-11-12-5-7-14(18)15(19)9-12/h5-11,21H,3-4H2,1-2H3/b20-11+. The summed E-state index contributed by atoms with van der Waals surface area (Å²) in [4.78, 5) is 10.6. The molecular weight excluding hydrogens is 427 g/mol. The lowest BCUT2D eigenvalue weighted by atomic mass is 10.2. The van der Waals surface area contributed by atoms with E-state index in [-0.39, 0.29) is 23.7 Å². The van der Waals surface area contributed by atoms with Gasteiger partial charge in [0.1, 0.15) is 5.69 Å². The zero-order chi connectivity index (χ0) is 20.9. The van der Waals surface area contributed by atoms with Crippen LogP contribution >= 0.6 is 23.2 Å². The normalized spacial score (nSPS) is 11.9. The molecule has 2 rings (SSSR count). The number of rotatable bonds is 8. The SMILES string of the molecule is CCN(CC)S(=O)(=O)c1ccc(N/N=C/c2ccc(Cl)c(Cl)c2)c([N+](=O)[O-])c1. The van der Waals surface area contributed by atoms with E-state index in [0.29, 0.717) is 15.6 Å². The maximum atomic E-state index is 12.6. The number of benzene rings is 2. The van der Waals surface area contributed by atoms with Crippen molar-refractivity contribution in [3.05, 3.63) is 62.1 Å². The fraction of sp³-hybridized carbons (Fsp3) is 0.235. The fourth-order valence-electron chi connectivity index (χ4n) is 2.40. The van der Waals surface area contributed by atoms with Gasteiger partial charge in [-0.05, 0) is 29.8 Å². The predicted molar refractivity (Wildman–Crippen MR) is 111 cm³/mol. The number of hydrogen-bond donors (Lipinski definition) is 1. The van der Waals surface area contributed by atoms with Gasteiger partial charge < -0.3 is 0 Å². The van der Waals surface area contributed by atoms with Gasteiger partial charge in [-0.2, -0.15) is 9.41 Å². The molecule has 11 heteroatoms. The molecule has 0 unspecified atom stereocenters. The van der Waals surface area contributed by atoms with Crippen LogP contribution in [0.4, 0.5) is 11.4 Å². The van der Waals surface area contributed by atoms with Gasteiger partial charge >= 0.3 is 0 Å². The molecule has 150 valence electrons. The minimum atomic E-state index is -3.81. The lowest BCUT2D eigenvalue weighted by Gasteiger charge is -2.18. The van der Waals surface area contributed by atoms with Crippen molar-refractivity contribution in [1.82, 2.24) is 4.31 Å². The number of nitro benzene ring substituents is 1. The number of nitro groups is 1. The Morgan fingerprint density at radius 1 is 1.14 bits per heavy atom. The number of anilines is 1. The van der Waals surface area contributed by atoms with Crippen LogP contribution in [0.3, 0.4) is 0 Å². The van der Waals surface area contributed by atoms with Gasteiger partial charge in [0.25, 0.3) is 5.69 Å². The summed E-state index contributed by atoms with van der Waals surface area (Å²) < 4.78 is 26.4. The van der Waals surface area contributed by atoms with Gasteiger partial charge in [-0.25, -0.2) is 8.42 Å². The van der Waals surface area contributed by atoms with Crippen LogP contribution in [0.1, 0.15) is 19.4 Å². The largest absolute Gasteiger partial charge is 0.295 e. The van der Waals surface area contributed by atoms with Crippen LogP contribution in [0.5, 0.6) is 0 Å². The summed E-state index contributed by atoms with van der Waals surface area (Å²) in [5.74, 6) is 0. The Labute approximate surface area is 173 Å². The molecule has 0 heterocycles. The number of nitrogens with zero attached hydrogens (tertiary/aromatic N) is 3. The molecule has 0 bridgehead atoms. The molecule has 0 fully saturated rings. The summed E-state index contributed by atoms with van der Waals surface area (Å²) in [5.41, 5.74) is 2.84. The van der Waals surface area contributed by atoms with Gasteiger partial charge in [-0.15, -0.1) is 0 Å². The zero-order valence-corrected chi connectivity index (χ0v) is 17.4. The molecule has 8 nitrogen and oxygen atoms in total. The topological polar surface area (TPSA) is 105 Å². The second-order valence-electron chi connectivity index (χ2n) is 5.57. The van der Waals surface area contributed by atoms with Crippen molar-refractivity contribution in [1.29, 1.82) is 0 Å². The molecular formula is C17H18Cl2N4O4S. The summed E-state index contributed by atoms with van der Waals surface area (Å²) in [7, 11) is -3.81. The molecule has 0 aromatic heterocycles. The van der Waals surface area contributed by atoms with E-state index in [2.05, 4.69) is 10.5 Å². The monoisotopic (exact) mass is 444 g/mol. The van der Waals surface area contributed by atoms with Gasteiger partial charge in [0, 0.05) is 19.2 Å². The van der Waals surface area contributed by atoms with E-state index in [1.54, 1.807) is 32.0 Å². The van der Waals surface area contributed by atoms with Crippen LogP contribution in [-0.2, 0) is 10.0 Å². The molecule has 0 aliphatic carbocycles. The Balaban J connectivity index is 2.31. The van der Waals surface area contributed by atoms with E-state index in [0.717, 1.165) is 6.07 Å². The van der Waals surface area contributed by atoms with E-state index in [1.165, 1.54) is 22.7 Å². The van der Waals surface area contributed by atoms with Crippen LogP contribution in [0.2, 0.25) is 10.0 Å². The summed E-state index contributed by atoms with van der Waals surface area (Å²) in [6.07, 6.45) is 1.41. The van der Waals surface area contributed by atoms with E-state index >= 15 is 0 Å². The maximum Gasteiger partial charge on any atom is 0.295 e. The molecule has 0 saturated heterocycles. The molecule has 0 saturated carbocycles. The first kappa shape index (κ1) is 22.1. The fourth-order valence-corrected chi connectivity index (χ4v) is 4.18. The average molecular weight is 445 g/mol. The second-order valence-corrected chi connectivity index (χ2v) is 8.32. The van der Waals surface area contributed by atoms with Gasteiger partial charge in [0.05, 0.1) is 26.1 Å². The molecule has 0 spiro atoms. The van der Waals surface area contributed by atoms with Crippen LogP contribution in [0, 0.1) is 10.1 Å². The van der Waals surface area contributed by atoms with E-state index in [1.807, 2.05) is 0 Å². The first-order chi connectivity index (χ1) is 13.2. The summed E-state index contributed by atoms with van der Waals surface area (Å²) in [5, 5.41) is 16.1. The minimum absolute atomic E-state index is 0.0554. The third kappa shape index (κ3) is 4.99. The summed E-state index contributed by atoms with van der Waals surface area (Å²) >= 11 is 11.8. The number of nitrogens with one attached hydrogen (secondary N) is 1. The molecule has 0 atom stereocenters. The van der Waals surface area contributed by atoms with Crippen LogP contribution in [0.15, 0.2) is 46.4 Å². The quantitative estimate of drug-likeness (QED) is 0.369. The van der Waals surface area contributed by atoms with Crippen molar-refractivity contribution in [3.8, 4) is 0 Å². The Hall–Kier alpha value is -2.20. The molecule has 0 radical (unpaired) electrons. The molecule has 28 heavy (non-hydrogen) atoms. The van der Waals surface area contributed by atoms with E-state index in [4.69, 9.17) is 23.2 Å². The number of hydrogen-bond acceptors (Lipinski definition) is 6. The molecule has 2 aromatic carbocycles. The third-order valence-corrected chi connectivity index (χ3v) is 6.64. The highest BCUT2D eigenvalue weighted by atomic mass is 35.5. The average Bonchev–Trinajstić information content (AvgIpc) is 2.65. The Morgan fingerprint density at radius 2 is 1.82 bits per heavy atom. The van der Waals surface area contributed by atoms with E-state index in [9.17, 15) is 18.5 Å². The van der Waals surface area contributed by atoms with Crippen molar-refractivity contribution in [2.45, 2.75) is 18.7 Å². The summed E-state index contributed by atoms with van der Waals surface area (Å²) in [6.45, 7) is 3.92. The Morgan fingerprint density at radius 3 is 2.39 bits per heavy atom. The van der Waals surface area contributed by atoms with Crippen LogP contribution < -0.4 is 5.43 Å². The molecule has 0 aliphatic heterocycles. The minimum Gasteiger partial charge on any atom is -0.272 e. The van der Waals surface area contributed by atoms with Crippen molar-refractivity contribution < 1.29 is 13.3 Å². The van der Waals surface area contributed by atoms with Crippen molar-refractivity contribution in [3.63, 3.8) is 0 Å². The molecule has 0 amide bonds. The second kappa shape index (κ2) is 9.33. The smallest absolute Gasteiger partial charge is 0.272 e. The number of halogens is 2. The highest BCUT2D eigenvalue weighted by molar-refractivity contribution is 7.89. The third-order valence-electron chi connectivity index (χ3n) is 3.85. The molecule has 1 N–H and O–H groups in total.